The van der Waals surface area contributed by atoms with E-state index in [-0.39, 0.29) is 0 Å². The zero-order valence-electron chi connectivity index (χ0n) is 16.2. The van der Waals surface area contributed by atoms with Crippen molar-refractivity contribution in [2.45, 2.75) is 6.92 Å². The van der Waals surface area contributed by atoms with E-state index >= 15 is 0 Å². The third-order valence-corrected chi connectivity index (χ3v) is 5.07. The molecule has 0 bridgehead atoms. The van der Waals surface area contributed by atoms with Crippen molar-refractivity contribution in [1.82, 2.24) is 9.97 Å². The van der Waals surface area contributed by atoms with Crippen LogP contribution in [0.25, 0.3) is 34.0 Å². The number of ether oxygens (including phenoxy) is 1. The topological polar surface area (TPSA) is 91.9 Å². The Labute approximate surface area is 180 Å². The molecule has 0 saturated carbocycles. The number of aromatic amines is 1. The molecule has 4 aromatic rings. The molecule has 0 saturated heterocycles. The number of benzene rings is 2. The molecule has 30 heavy (non-hydrogen) atoms. The standard InChI is InChI=1S/C23H16BrN3O3/c1-13-3-7-19-20(9-13)27-22(26-19)14(12-25)10-16-5-8-21(30-16)17-6-4-15(24)11-18(17)23(28)29-2/h3-11H,1-2H3,(H,26,27)/b14-10-. The van der Waals surface area contributed by atoms with Crippen molar-refractivity contribution in [3.05, 3.63) is 75.7 Å². The number of H-pyrrole nitrogens is 1. The van der Waals surface area contributed by atoms with Crippen molar-refractivity contribution in [3.8, 4) is 17.4 Å². The number of rotatable bonds is 4. The van der Waals surface area contributed by atoms with Gasteiger partial charge in [-0.05, 0) is 55.0 Å². The van der Waals surface area contributed by atoms with Crippen molar-refractivity contribution in [3.63, 3.8) is 0 Å². The number of aromatic nitrogens is 2. The SMILES string of the molecule is COC(=O)c1cc(Br)ccc1-c1ccc(/C=C(/C#N)c2nc3ccc(C)cc3[nH]2)o1. The monoisotopic (exact) mass is 461 g/mol. The average molecular weight is 462 g/mol. The summed E-state index contributed by atoms with van der Waals surface area (Å²) in [5.41, 5.74) is 4.08. The summed E-state index contributed by atoms with van der Waals surface area (Å²) in [6.07, 6.45) is 1.62. The van der Waals surface area contributed by atoms with E-state index < -0.39 is 5.97 Å². The maximum Gasteiger partial charge on any atom is 0.338 e. The third kappa shape index (κ3) is 3.78. The Hall–Kier alpha value is -3.63. The molecule has 148 valence electrons. The fourth-order valence-corrected chi connectivity index (χ4v) is 3.49. The van der Waals surface area contributed by atoms with Gasteiger partial charge in [-0.1, -0.05) is 22.0 Å². The molecule has 6 nitrogen and oxygen atoms in total. The highest BCUT2D eigenvalue weighted by Crippen LogP contribution is 2.30. The number of allylic oxidation sites excluding steroid dienone is 1. The van der Waals surface area contributed by atoms with Gasteiger partial charge in [0.05, 0.1) is 29.3 Å². The highest BCUT2D eigenvalue weighted by molar-refractivity contribution is 9.10. The van der Waals surface area contributed by atoms with Crippen LogP contribution in [0, 0.1) is 18.3 Å². The van der Waals surface area contributed by atoms with Crippen LogP contribution in [0.15, 0.2) is 57.4 Å². The lowest BCUT2D eigenvalue weighted by Gasteiger charge is -2.06. The Morgan fingerprint density at radius 3 is 2.83 bits per heavy atom. The normalized spacial score (nSPS) is 11.5. The number of nitrogens with zero attached hydrogens (tertiary/aromatic N) is 2. The van der Waals surface area contributed by atoms with E-state index in [0.29, 0.717) is 34.0 Å². The van der Waals surface area contributed by atoms with E-state index in [1.807, 2.05) is 31.2 Å². The Kier molecular flexibility index (Phi) is 5.25. The predicted octanol–water partition coefficient (Wildman–Crippen LogP) is 5.74. The molecule has 0 radical (unpaired) electrons. The van der Waals surface area contributed by atoms with Crippen molar-refractivity contribution in [1.29, 1.82) is 5.26 Å². The van der Waals surface area contributed by atoms with Crippen LogP contribution in [0.5, 0.6) is 0 Å². The first kappa shape index (κ1) is 19.7. The van der Waals surface area contributed by atoms with Gasteiger partial charge in [-0.15, -0.1) is 0 Å². The number of carbonyl (C=O) groups excluding carboxylic acids is 1. The molecule has 0 spiro atoms. The summed E-state index contributed by atoms with van der Waals surface area (Å²) < 4.78 is 11.5. The van der Waals surface area contributed by atoms with Gasteiger partial charge in [0.1, 0.15) is 23.4 Å². The molecule has 2 heterocycles. The highest BCUT2D eigenvalue weighted by Gasteiger charge is 2.17. The molecule has 2 aromatic carbocycles. The second kappa shape index (κ2) is 8.01. The summed E-state index contributed by atoms with van der Waals surface area (Å²) in [4.78, 5) is 19.8. The lowest BCUT2D eigenvalue weighted by Crippen LogP contribution is -2.03. The van der Waals surface area contributed by atoms with Gasteiger partial charge in [0.15, 0.2) is 0 Å². The number of nitrogens with one attached hydrogen (secondary N) is 1. The quantitative estimate of drug-likeness (QED) is 0.308. The predicted molar refractivity (Wildman–Crippen MR) is 117 cm³/mol. The van der Waals surface area contributed by atoms with Gasteiger partial charge < -0.3 is 14.1 Å². The number of hydrogen-bond donors (Lipinski definition) is 1. The Morgan fingerprint density at radius 2 is 2.07 bits per heavy atom. The Bertz CT molecular complexity index is 1340. The van der Waals surface area contributed by atoms with Crippen LogP contribution in [-0.4, -0.2) is 23.0 Å². The summed E-state index contributed by atoms with van der Waals surface area (Å²) in [6, 6.07) is 16.8. The van der Waals surface area contributed by atoms with Crippen LogP contribution in [0.2, 0.25) is 0 Å². The van der Waals surface area contributed by atoms with E-state index in [1.165, 1.54) is 7.11 Å². The highest BCUT2D eigenvalue weighted by atomic mass is 79.9. The van der Waals surface area contributed by atoms with Crippen LogP contribution < -0.4 is 0 Å². The molecule has 0 fully saturated rings. The molecule has 0 aliphatic carbocycles. The molecule has 0 aliphatic heterocycles. The lowest BCUT2D eigenvalue weighted by molar-refractivity contribution is 0.0601. The summed E-state index contributed by atoms with van der Waals surface area (Å²) in [5, 5.41) is 9.64. The minimum atomic E-state index is -0.463. The molecule has 7 heteroatoms. The molecule has 0 unspecified atom stereocenters. The van der Waals surface area contributed by atoms with E-state index in [9.17, 15) is 10.1 Å². The number of hydrogen-bond acceptors (Lipinski definition) is 5. The number of carbonyl (C=O) groups is 1. The zero-order valence-corrected chi connectivity index (χ0v) is 17.8. The summed E-state index contributed by atoms with van der Waals surface area (Å²) in [6.45, 7) is 2.00. The smallest absolute Gasteiger partial charge is 0.338 e. The van der Waals surface area contributed by atoms with Gasteiger partial charge in [-0.3, -0.25) is 0 Å². The Balaban J connectivity index is 1.72. The molecule has 0 amide bonds. The number of fused-ring (bicyclic) bond motifs is 1. The summed E-state index contributed by atoms with van der Waals surface area (Å²) in [7, 11) is 1.33. The number of aryl methyl sites for hydroxylation is 1. The van der Waals surface area contributed by atoms with E-state index in [1.54, 1.807) is 30.3 Å². The average Bonchev–Trinajstić information content (AvgIpc) is 3.37. The Morgan fingerprint density at radius 1 is 1.23 bits per heavy atom. The number of nitriles is 1. The molecule has 1 N–H and O–H groups in total. The van der Waals surface area contributed by atoms with Crippen LogP contribution in [0.3, 0.4) is 0 Å². The fourth-order valence-electron chi connectivity index (χ4n) is 3.13. The van der Waals surface area contributed by atoms with Crippen molar-refractivity contribution >= 4 is 44.6 Å². The fraction of sp³-hybridized carbons (Fsp3) is 0.0870. The van der Waals surface area contributed by atoms with E-state index in [0.717, 1.165) is 21.1 Å². The van der Waals surface area contributed by atoms with Gasteiger partial charge in [0, 0.05) is 16.1 Å². The molecule has 4 rings (SSSR count). The summed E-state index contributed by atoms with van der Waals surface area (Å²) >= 11 is 3.36. The van der Waals surface area contributed by atoms with Crippen LogP contribution in [0.1, 0.15) is 27.5 Å². The van der Waals surface area contributed by atoms with Crippen LogP contribution in [0.4, 0.5) is 0 Å². The second-order valence-electron chi connectivity index (χ2n) is 6.66. The van der Waals surface area contributed by atoms with Crippen LogP contribution >= 0.6 is 15.9 Å². The van der Waals surface area contributed by atoms with Gasteiger partial charge in [0.2, 0.25) is 0 Å². The van der Waals surface area contributed by atoms with Crippen molar-refractivity contribution in [2.24, 2.45) is 0 Å². The number of methoxy groups -OCH3 is 1. The first-order chi connectivity index (χ1) is 14.5. The van der Waals surface area contributed by atoms with E-state index in [4.69, 9.17) is 9.15 Å². The van der Waals surface area contributed by atoms with Gasteiger partial charge in [-0.2, -0.15) is 5.26 Å². The number of halogens is 1. The summed E-state index contributed by atoms with van der Waals surface area (Å²) in [5.74, 6) is 0.966. The lowest BCUT2D eigenvalue weighted by atomic mass is 10.1. The van der Waals surface area contributed by atoms with Crippen molar-refractivity contribution in [2.75, 3.05) is 7.11 Å². The largest absolute Gasteiger partial charge is 0.465 e. The van der Waals surface area contributed by atoms with Gasteiger partial charge >= 0.3 is 5.97 Å². The minimum absolute atomic E-state index is 0.341. The molecule has 0 atom stereocenters. The first-order valence-corrected chi connectivity index (χ1v) is 9.84. The number of imidazole rings is 1. The molecule has 2 aromatic heterocycles. The molecular formula is C23H16BrN3O3. The first-order valence-electron chi connectivity index (χ1n) is 9.05. The number of esters is 1. The third-order valence-electron chi connectivity index (χ3n) is 4.58. The molecule has 0 aliphatic rings. The molecular weight excluding hydrogens is 446 g/mol. The number of furan rings is 1. The van der Waals surface area contributed by atoms with Crippen molar-refractivity contribution < 1.29 is 13.9 Å². The minimum Gasteiger partial charge on any atom is -0.465 e. The van der Waals surface area contributed by atoms with Crippen LogP contribution in [-0.2, 0) is 4.74 Å². The van der Waals surface area contributed by atoms with Gasteiger partial charge in [0.25, 0.3) is 0 Å². The van der Waals surface area contributed by atoms with Gasteiger partial charge in [-0.25, -0.2) is 9.78 Å². The maximum absolute atomic E-state index is 12.1. The zero-order chi connectivity index (χ0) is 21.3. The maximum atomic E-state index is 12.1. The van der Waals surface area contributed by atoms with E-state index in [2.05, 4.69) is 32.0 Å². The second-order valence-corrected chi connectivity index (χ2v) is 7.58.